The molecular formula is C16H31N3O4. The minimum absolute atomic E-state index is 0.0285. The number of morpholine rings is 1. The maximum absolute atomic E-state index is 12.3. The van der Waals surface area contributed by atoms with E-state index in [9.17, 15) is 9.59 Å². The van der Waals surface area contributed by atoms with Gasteiger partial charge in [-0.3, -0.25) is 4.79 Å². The zero-order valence-electron chi connectivity index (χ0n) is 15.2. The number of carbonyl (C=O) groups excluding carboxylic acids is 2. The Bertz CT molecular complexity index is 407. The molecule has 1 aliphatic rings. The van der Waals surface area contributed by atoms with Crippen molar-refractivity contribution in [1.82, 2.24) is 15.1 Å². The molecule has 1 fully saturated rings. The van der Waals surface area contributed by atoms with E-state index in [1.54, 1.807) is 23.9 Å². The minimum Gasteiger partial charge on any atom is -0.444 e. The van der Waals surface area contributed by atoms with E-state index in [2.05, 4.69) is 5.32 Å². The largest absolute Gasteiger partial charge is 0.444 e. The van der Waals surface area contributed by atoms with Gasteiger partial charge in [0.15, 0.2) is 0 Å². The first-order valence-electron chi connectivity index (χ1n) is 8.11. The van der Waals surface area contributed by atoms with Gasteiger partial charge in [0.05, 0.1) is 25.8 Å². The third-order valence-electron chi connectivity index (χ3n) is 3.58. The molecule has 0 aromatic rings. The fourth-order valence-electron chi connectivity index (χ4n) is 2.32. The molecule has 0 aromatic heterocycles. The van der Waals surface area contributed by atoms with Crippen LogP contribution in [0.5, 0.6) is 0 Å². The Morgan fingerprint density at radius 3 is 2.61 bits per heavy atom. The third kappa shape index (κ3) is 7.18. The lowest BCUT2D eigenvalue weighted by molar-refractivity contribution is -0.127. The van der Waals surface area contributed by atoms with Crippen LogP contribution in [0.4, 0.5) is 4.79 Å². The molecule has 2 unspecified atom stereocenters. The van der Waals surface area contributed by atoms with Crippen LogP contribution in [0.15, 0.2) is 0 Å². The SMILES string of the molecule is CC(CC1COCCN1C(=O)OC(C)(C)C)NCC(=O)N(C)C. The summed E-state index contributed by atoms with van der Waals surface area (Å²) in [5.41, 5.74) is -0.512. The normalized spacial score (nSPS) is 20.1. The van der Waals surface area contributed by atoms with Crippen LogP contribution in [0.1, 0.15) is 34.1 Å². The maximum Gasteiger partial charge on any atom is 0.410 e. The molecule has 2 atom stereocenters. The van der Waals surface area contributed by atoms with Crippen molar-refractivity contribution in [3.05, 3.63) is 0 Å². The van der Waals surface area contributed by atoms with E-state index in [4.69, 9.17) is 9.47 Å². The topological polar surface area (TPSA) is 71.1 Å². The van der Waals surface area contributed by atoms with Crippen molar-refractivity contribution in [1.29, 1.82) is 0 Å². The second kappa shape index (κ2) is 8.49. The van der Waals surface area contributed by atoms with Gasteiger partial charge in [0, 0.05) is 26.7 Å². The molecule has 134 valence electrons. The highest BCUT2D eigenvalue weighted by Gasteiger charge is 2.31. The number of amides is 2. The molecular weight excluding hydrogens is 298 g/mol. The summed E-state index contributed by atoms with van der Waals surface area (Å²) in [7, 11) is 3.46. The minimum atomic E-state index is -0.512. The molecule has 7 heteroatoms. The van der Waals surface area contributed by atoms with Crippen LogP contribution >= 0.6 is 0 Å². The maximum atomic E-state index is 12.3. The predicted octanol–water partition coefficient (Wildman–Crippen LogP) is 1.08. The lowest BCUT2D eigenvalue weighted by atomic mass is 10.1. The van der Waals surface area contributed by atoms with Gasteiger partial charge >= 0.3 is 6.09 Å². The van der Waals surface area contributed by atoms with Crippen LogP contribution in [0.25, 0.3) is 0 Å². The Kier molecular flexibility index (Phi) is 7.28. The van der Waals surface area contributed by atoms with Gasteiger partial charge in [0.2, 0.25) is 5.91 Å². The van der Waals surface area contributed by atoms with Crippen molar-refractivity contribution in [2.75, 3.05) is 40.4 Å². The number of carbonyl (C=O) groups is 2. The van der Waals surface area contributed by atoms with E-state index >= 15 is 0 Å². The standard InChI is InChI=1S/C16H31N3O4/c1-12(17-10-14(20)18(5)6)9-13-11-22-8-7-19(13)15(21)23-16(2,3)4/h12-13,17H,7-11H2,1-6H3. The molecule has 0 aliphatic carbocycles. The van der Waals surface area contributed by atoms with Gasteiger partial charge in [0.1, 0.15) is 5.60 Å². The Morgan fingerprint density at radius 1 is 1.39 bits per heavy atom. The summed E-state index contributed by atoms with van der Waals surface area (Å²) in [6.45, 7) is 9.41. The Labute approximate surface area is 139 Å². The number of likely N-dealkylation sites (N-methyl/N-ethyl adjacent to an activating group) is 1. The average Bonchev–Trinajstić information content (AvgIpc) is 2.43. The van der Waals surface area contributed by atoms with Crippen molar-refractivity contribution in [2.45, 2.75) is 51.8 Å². The first kappa shape index (κ1) is 19.7. The highest BCUT2D eigenvalue weighted by atomic mass is 16.6. The molecule has 1 saturated heterocycles. The molecule has 7 nitrogen and oxygen atoms in total. The molecule has 1 heterocycles. The molecule has 0 spiro atoms. The molecule has 0 saturated carbocycles. The van der Waals surface area contributed by atoms with Gasteiger partial charge in [-0.2, -0.15) is 0 Å². The fraction of sp³-hybridized carbons (Fsp3) is 0.875. The predicted molar refractivity (Wildman–Crippen MR) is 88.3 cm³/mol. The quantitative estimate of drug-likeness (QED) is 0.817. The smallest absolute Gasteiger partial charge is 0.410 e. The average molecular weight is 329 g/mol. The molecule has 1 aliphatic heterocycles. The van der Waals surface area contributed by atoms with Crippen LogP contribution in [0, 0.1) is 0 Å². The van der Waals surface area contributed by atoms with Gasteiger partial charge in [-0.25, -0.2) is 4.79 Å². The van der Waals surface area contributed by atoms with E-state index in [0.29, 0.717) is 26.2 Å². The summed E-state index contributed by atoms with van der Waals surface area (Å²) in [6, 6.07) is 0.0473. The highest BCUT2D eigenvalue weighted by molar-refractivity contribution is 5.77. The number of hydrogen-bond donors (Lipinski definition) is 1. The number of ether oxygens (including phenoxy) is 2. The molecule has 1 N–H and O–H groups in total. The van der Waals surface area contributed by atoms with E-state index in [-0.39, 0.29) is 30.6 Å². The summed E-state index contributed by atoms with van der Waals surface area (Å²) in [5.74, 6) is 0.0285. The highest BCUT2D eigenvalue weighted by Crippen LogP contribution is 2.17. The van der Waals surface area contributed by atoms with Crippen LogP contribution < -0.4 is 5.32 Å². The zero-order valence-corrected chi connectivity index (χ0v) is 15.2. The van der Waals surface area contributed by atoms with Gasteiger partial charge in [-0.1, -0.05) is 0 Å². The van der Waals surface area contributed by atoms with Crippen molar-refractivity contribution in [3.8, 4) is 0 Å². The van der Waals surface area contributed by atoms with Crippen LogP contribution in [-0.2, 0) is 14.3 Å². The number of hydrogen-bond acceptors (Lipinski definition) is 5. The van der Waals surface area contributed by atoms with E-state index in [1.165, 1.54) is 0 Å². The van der Waals surface area contributed by atoms with Crippen LogP contribution in [0.3, 0.4) is 0 Å². The first-order valence-corrected chi connectivity index (χ1v) is 8.11. The molecule has 2 amide bonds. The molecule has 23 heavy (non-hydrogen) atoms. The summed E-state index contributed by atoms with van der Waals surface area (Å²) < 4.78 is 11.0. The number of nitrogens with zero attached hydrogens (tertiary/aromatic N) is 2. The summed E-state index contributed by atoms with van der Waals surface area (Å²) in [4.78, 5) is 27.2. The van der Waals surface area contributed by atoms with Crippen molar-refractivity contribution in [3.63, 3.8) is 0 Å². The molecule has 0 aromatic carbocycles. The second-order valence-corrected chi connectivity index (χ2v) is 7.21. The van der Waals surface area contributed by atoms with Crippen molar-refractivity contribution < 1.29 is 19.1 Å². The lowest BCUT2D eigenvalue weighted by Crippen LogP contribution is -2.52. The molecule has 1 rings (SSSR count). The summed E-state index contributed by atoms with van der Waals surface area (Å²) >= 11 is 0. The van der Waals surface area contributed by atoms with Crippen LogP contribution in [-0.4, -0.2) is 79.9 Å². The van der Waals surface area contributed by atoms with Crippen molar-refractivity contribution >= 4 is 12.0 Å². The van der Waals surface area contributed by atoms with Gasteiger partial charge in [0.25, 0.3) is 0 Å². The molecule has 0 radical (unpaired) electrons. The Morgan fingerprint density at radius 2 is 2.04 bits per heavy atom. The summed E-state index contributed by atoms with van der Waals surface area (Å²) in [6.07, 6.45) is 0.405. The van der Waals surface area contributed by atoms with Gasteiger partial charge in [-0.05, 0) is 34.1 Å². The Balaban J connectivity index is 2.54. The zero-order chi connectivity index (χ0) is 17.6. The lowest BCUT2D eigenvalue weighted by Gasteiger charge is -2.37. The Hall–Kier alpha value is -1.34. The van der Waals surface area contributed by atoms with E-state index in [1.807, 2.05) is 27.7 Å². The second-order valence-electron chi connectivity index (χ2n) is 7.21. The van der Waals surface area contributed by atoms with Gasteiger partial charge < -0.3 is 24.6 Å². The summed E-state index contributed by atoms with van der Waals surface area (Å²) in [5, 5.41) is 3.19. The van der Waals surface area contributed by atoms with Crippen LogP contribution in [0.2, 0.25) is 0 Å². The fourth-order valence-corrected chi connectivity index (χ4v) is 2.32. The van der Waals surface area contributed by atoms with Crippen molar-refractivity contribution in [2.24, 2.45) is 0 Å². The third-order valence-corrected chi connectivity index (χ3v) is 3.58. The number of rotatable bonds is 5. The first-order chi connectivity index (χ1) is 10.6. The van der Waals surface area contributed by atoms with Gasteiger partial charge in [-0.15, -0.1) is 0 Å². The monoisotopic (exact) mass is 329 g/mol. The molecule has 0 bridgehead atoms. The van der Waals surface area contributed by atoms with E-state index < -0.39 is 5.60 Å². The van der Waals surface area contributed by atoms with E-state index in [0.717, 1.165) is 0 Å². The number of nitrogens with one attached hydrogen (secondary N) is 1.